The van der Waals surface area contributed by atoms with Gasteiger partial charge in [0.05, 0.1) is 4.92 Å². The monoisotopic (exact) mass is 331 g/mol. The predicted molar refractivity (Wildman–Crippen MR) is 85.0 cm³/mol. The summed E-state index contributed by atoms with van der Waals surface area (Å²) in [7, 11) is 0. The van der Waals surface area contributed by atoms with Gasteiger partial charge in [-0.3, -0.25) is 10.1 Å². The van der Waals surface area contributed by atoms with E-state index in [4.69, 9.17) is 16.9 Å². The van der Waals surface area contributed by atoms with Crippen molar-refractivity contribution in [1.29, 1.82) is 5.26 Å². The van der Waals surface area contributed by atoms with E-state index in [1.807, 2.05) is 0 Å². The van der Waals surface area contributed by atoms with Gasteiger partial charge in [0.1, 0.15) is 10.8 Å². The average Bonchev–Trinajstić information content (AvgIpc) is 2.51. The van der Waals surface area contributed by atoms with Crippen LogP contribution in [0.4, 0.5) is 10.1 Å². The van der Waals surface area contributed by atoms with Gasteiger partial charge in [0.15, 0.2) is 0 Å². The van der Waals surface area contributed by atoms with Crippen LogP contribution in [0, 0.1) is 27.4 Å². The number of nitro benzene ring substituents is 1. The maximum absolute atomic E-state index is 12.9. The van der Waals surface area contributed by atoms with Crippen LogP contribution in [-0.4, -0.2) is 10.6 Å². The number of benzene rings is 2. The molecule has 7 heteroatoms. The van der Waals surface area contributed by atoms with Gasteiger partial charge in [-0.15, -0.1) is 0 Å². The molecule has 0 amide bonds. The smallest absolute Gasteiger partial charge is 0.258 e. The Bertz CT molecular complexity index is 798. The third-order valence-electron chi connectivity index (χ3n) is 3.14. The van der Waals surface area contributed by atoms with Gasteiger partial charge < -0.3 is 0 Å². The van der Waals surface area contributed by atoms with E-state index in [2.05, 4.69) is 4.99 Å². The third kappa shape index (κ3) is 4.59. The van der Waals surface area contributed by atoms with Crippen LogP contribution < -0.4 is 0 Å². The first-order valence-electron chi connectivity index (χ1n) is 6.61. The standard InChI is InChI=1S/C16H11ClFN3O2/c17-15-6-3-12(9-16(15)21(22)23)8-14(20-10-19)7-11-1-4-13(18)5-2-11/h1-6,9H,7-8H2. The minimum Gasteiger partial charge on any atom is -0.258 e. The molecule has 0 saturated carbocycles. The Morgan fingerprint density at radius 1 is 1.22 bits per heavy atom. The van der Waals surface area contributed by atoms with E-state index in [0.29, 0.717) is 17.7 Å². The van der Waals surface area contributed by atoms with Gasteiger partial charge in [0.25, 0.3) is 5.69 Å². The minimum absolute atomic E-state index is 0.0519. The summed E-state index contributed by atoms with van der Waals surface area (Å²) in [5.41, 5.74) is 1.75. The minimum atomic E-state index is -0.563. The number of hydrogen-bond acceptors (Lipinski definition) is 4. The highest BCUT2D eigenvalue weighted by molar-refractivity contribution is 6.32. The van der Waals surface area contributed by atoms with Gasteiger partial charge in [-0.25, -0.2) is 4.39 Å². The first-order chi connectivity index (χ1) is 11.0. The molecule has 2 aromatic carbocycles. The number of hydrogen-bond donors (Lipinski definition) is 0. The second-order valence-corrected chi connectivity index (χ2v) is 5.21. The Morgan fingerprint density at radius 3 is 2.43 bits per heavy atom. The molecular weight excluding hydrogens is 321 g/mol. The van der Waals surface area contributed by atoms with E-state index in [-0.39, 0.29) is 22.9 Å². The predicted octanol–water partition coefficient (Wildman–Crippen LogP) is 4.09. The van der Waals surface area contributed by atoms with Gasteiger partial charge >= 0.3 is 0 Å². The van der Waals surface area contributed by atoms with Crippen LogP contribution in [0.25, 0.3) is 0 Å². The van der Waals surface area contributed by atoms with Gasteiger partial charge in [-0.05, 0) is 29.3 Å². The Kier molecular flexibility index (Phi) is 5.39. The molecule has 2 rings (SSSR count). The highest BCUT2D eigenvalue weighted by Gasteiger charge is 2.14. The average molecular weight is 332 g/mol. The topological polar surface area (TPSA) is 79.3 Å². The lowest BCUT2D eigenvalue weighted by Crippen LogP contribution is -2.07. The van der Waals surface area contributed by atoms with Gasteiger partial charge in [0.2, 0.25) is 6.19 Å². The highest BCUT2D eigenvalue weighted by atomic mass is 35.5. The molecule has 0 aliphatic rings. The molecule has 5 nitrogen and oxygen atoms in total. The van der Waals surface area contributed by atoms with Crippen molar-refractivity contribution in [3.8, 4) is 6.19 Å². The molecule has 0 aliphatic heterocycles. The largest absolute Gasteiger partial charge is 0.288 e. The fourth-order valence-corrected chi connectivity index (χ4v) is 2.28. The zero-order chi connectivity index (χ0) is 16.8. The highest BCUT2D eigenvalue weighted by Crippen LogP contribution is 2.25. The molecule has 116 valence electrons. The molecule has 0 bridgehead atoms. The lowest BCUT2D eigenvalue weighted by Gasteiger charge is -2.06. The van der Waals surface area contributed by atoms with E-state index in [0.717, 1.165) is 5.56 Å². The van der Waals surface area contributed by atoms with Gasteiger partial charge in [-0.1, -0.05) is 29.8 Å². The fraction of sp³-hybridized carbons (Fsp3) is 0.125. The van der Waals surface area contributed by atoms with Crippen molar-refractivity contribution in [2.75, 3.05) is 0 Å². The van der Waals surface area contributed by atoms with E-state index in [1.54, 1.807) is 24.4 Å². The van der Waals surface area contributed by atoms with Crippen LogP contribution in [0.2, 0.25) is 5.02 Å². The molecule has 23 heavy (non-hydrogen) atoms. The second-order valence-electron chi connectivity index (χ2n) is 4.80. The van der Waals surface area contributed by atoms with Crippen LogP contribution in [0.5, 0.6) is 0 Å². The van der Waals surface area contributed by atoms with Crippen molar-refractivity contribution in [3.05, 3.63) is 74.5 Å². The summed E-state index contributed by atoms with van der Waals surface area (Å²) < 4.78 is 12.9. The molecule has 0 radical (unpaired) electrons. The maximum Gasteiger partial charge on any atom is 0.288 e. The molecule has 0 N–H and O–H groups in total. The molecule has 0 unspecified atom stereocenters. The summed E-state index contributed by atoms with van der Waals surface area (Å²) in [6.07, 6.45) is 2.34. The molecule has 2 aromatic rings. The van der Waals surface area contributed by atoms with Crippen molar-refractivity contribution >= 4 is 23.0 Å². The Balaban J connectivity index is 2.22. The van der Waals surface area contributed by atoms with Crippen LogP contribution in [-0.2, 0) is 12.8 Å². The van der Waals surface area contributed by atoms with Crippen LogP contribution in [0.3, 0.4) is 0 Å². The number of nitrogens with zero attached hydrogens (tertiary/aromatic N) is 3. The molecule has 0 aliphatic carbocycles. The van der Waals surface area contributed by atoms with Crippen molar-refractivity contribution in [2.45, 2.75) is 12.8 Å². The van der Waals surface area contributed by atoms with Crippen molar-refractivity contribution in [1.82, 2.24) is 0 Å². The molecular formula is C16H11ClFN3O2. The Morgan fingerprint density at radius 2 is 1.83 bits per heavy atom. The Labute approximate surface area is 136 Å². The van der Waals surface area contributed by atoms with Crippen LogP contribution in [0.1, 0.15) is 11.1 Å². The normalized spacial score (nSPS) is 11.1. The zero-order valence-corrected chi connectivity index (χ0v) is 12.6. The molecule has 0 aromatic heterocycles. The van der Waals surface area contributed by atoms with Crippen LogP contribution >= 0.6 is 11.6 Å². The Hall–Kier alpha value is -2.78. The molecule has 0 fully saturated rings. The number of nitro groups is 1. The quantitative estimate of drug-likeness (QED) is 0.358. The molecule has 0 atom stereocenters. The van der Waals surface area contributed by atoms with Crippen molar-refractivity contribution in [3.63, 3.8) is 0 Å². The second kappa shape index (κ2) is 7.47. The summed E-state index contributed by atoms with van der Waals surface area (Å²) in [6.45, 7) is 0. The van der Waals surface area contributed by atoms with Crippen molar-refractivity contribution in [2.24, 2.45) is 4.99 Å². The number of nitriles is 1. The number of aliphatic imine (C=N–C) groups is 1. The summed E-state index contributed by atoms with van der Waals surface area (Å²) in [5.74, 6) is -0.346. The molecule has 0 heterocycles. The maximum atomic E-state index is 12.9. The summed E-state index contributed by atoms with van der Waals surface area (Å²) in [5, 5.41) is 19.8. The SMILES string of the molecule is N#CN=C(Cc1ccc(F)cc1)Cc1ccc(Cl)c([N+](=O)[O-])c1. The lowest BCUT2D eigenvalue weighted by molar-refractivity contribution is -0.384. The van der Waals surface area contributed by atoms with Crippen molar-refractivity contribution < 1.29 is 9.31 Å². The third-order valence-corrected chi connectivity index (χ3v) is 3.46. The number of rotatable bonds is 5. The summed E-state index contributed by atoms with van der Waals surface area (Å²) >= 11 is 5.77. The van der Waals surface area contributed by atoms with E-state index >= 15 is 0 Å². The first kappa shape index (κ1) is 16.6. The van der Waals surface area contributed by atoms with E-state index < -0.39 is 4.92 Å². The first-order valence-corrected chi connectivity index (χ1v) is 6.99. The van der Waals surface area contributed by atoms with E-state index in [1.165, 1.54) is 24.3 Å². The summed E-state index contributed by atoms with van der Waals surface area (Å²) in [4.78, 5) is 14.1. The summed E-state index contributed by atoms with van der Waals surface area (Å²) in [6, 6.07) is 10.3. The van der Waals surface area contributed by atoms with Crippen LogP contribution in [0.15, 0.2) is 47.5 Å². The lowest BCUT2D eigenvalue weighted by atomic mass is 10.0. The molecule has 0 spiro atoms. The number of halogens is 2. The van der Waals surface area contributed by atoms with Gasteiger partial charge in [-0.2, -0.15) is 10.3 Å². The van der Waals surface area contributed by atoms with Gasteiger partial charge in [0, 0.05) is 24.6 Å². The zero-order valence-electron chi connectivity index (χ0n) is 11.9. The molecule has 0 saturated heterocycles. The fourth-order valence-electron chi connectivity index (χ4n) is 2.09. The van der Waals surface area contributed by atoms with E-state index in [9.17, 15) is 14.5 Å².